The summed E-state index contributed by atoms with van der Waals surface area (Å²) in [4.78, 5) is 14.2. The lowest BCUT2D eigenvalue weighted by molar-refractivity contribution is 0.237. The van der Waals surface area contributed by atoms with Gasteiger partial charge in [0.25, 0.3) is 0 Å². The number of rotatable bonds is 0. The predicted molar refractivity (Wildman–Crippen MR) is 78.2 cm³/mol. The lowest BCUT2D eigenvalue weighted by Crippen LogP contribution is -2.49. The van der Waals surface area contributed by atoms with Gasteiger partial charge in [-0.25, -0.2) is 4.79 Å². The van der Waals surface area contributed by atoms with Crippen LogP contribution in [0.5, 0.6) is 0 Å². The molecule has 19 heavy (non-hydrogen) atoms. The Morgan fingerprint density at radius 2 is 2.05 bits per heavy atom. The van der Waals surface area contributed by atoms with Gasteiger partial charge in [-0.1, -0.05) is 18.2 Å². The Balaban J connectivity index is 2.31. The maximum atomic E-state index is 12.4. The number of hydrogen-bond acceptors (Lipinski definition) is 2. The second kappa shape index (κ2) is 5.21. The smallest absolute Gasteiger partial charge is 0.322 e. The molecular formula is C15H23N3O. The lowest BCUT2D eigenvalue weighted by atomic mass is 10.0. The van der Waals surface area contributed by atoms with Crippen LogP contribution in [0.25, 0.3) is 0 Å². The molecule has 1 aromatic carbocycles. The molecule has 4 nitrogen and oxygen atoms in total. The standard InChI is InChI=1S/C15H23N3O/c1-15(2,3)17-14(19)18-10-6-8-12(16)11-7-4-5-9-13(11)18/h4-5,7,9,12H,6,8,10,16H2,1-3H3,(H,17,19). The summed E-state index contributed by atoms with van der Waals surface area (Å²) in [6.07, 6.45) is 1.84. The monoisotopic (exact) mass is 261 g/mol. The van der Waals surface area contributed by atoms with E-state index in [2.05, 4.69) is 5.32 Å². The average molecular weight is 261 g/mol. The highest BCUT2D eigenvalue weighted by Gasteiger charge is 2.26. The number of para-hydroxylation sites is 1. The highest BCUT2D eigenvalue weighted by Crippen LogP contribution is 2.31. The molecule has 0 aliphatic carbocycles. The van der Waals surface area contributed by atoms with Crippen molar-refractivity contribution in [2.24, 2.45) is 5.73 Å². The number of carbonyl (C=O) groups excluding carboxylic acids is 1. The molecule has 0 aromatic heterocycles. The first kappa shape index (κ1) is 13.9. The molecule has 0 radical (unpaired) electrons. The maximum Gasteiger partial charge on any atom is 0.322 e. The molecule has 104 valence electrons. The molecule has 1 aliphatic rings. The molecule has 0 saturated heterocycles. The summed E-state index contributed by atoms with van der Waals surface area (Å²) in [6, 6.07) is 7.89. The summed E-state index contributed by atoms with van der Waals surface area (Å²) in [5, 5.41) is 3.02. The SMILES string of the molecule is CC(C)(C)NC(=O)N1CCCC(N)c2ccccc21. The minimum atomic E-state index is -0.236. The molecule has 0 spiro atoms. The van der Waals surface area contributed by atoms with Gasteiger partial charge in [-0.15, -0.1) is 0 Å². The molecule has 1 atom stereocenters. The van der Waals surface area contributed by atoms with Crippen molar-refractivity contribution in [2.45, 2.75) is 45.2 Å². The Hall–Kier alpha value is -1.55. The number of nitrogens with one attached hydrogen (secondary N) is 1. The number of nitrogens with zero attached hydrogens (tertiary/aromatic N) is 1. The van der Waals surface area contributed by atoms with Gasteiger partial charge >= 0.3 is 6.03 Å². The number of hydrogen-bond donors (Lipinski definition) is 2. The van der Waals surface area contributed by atoms with Crippen molar-refractivity contribution in [3.05, 3.63) is 29.8 Å². The first-order chi connectivity index (χ1) is 8.88. The predicted octanol–water partition coefficient (Wildman–Crippen LogP) is 2.79. The number of anilines is 1. The zero-order valence-electron chi connectivity index (χ0n) is 11.9. The minimum Gasteiger partial charge on any atom is -0.333 e. The molecule has 4 heteroatoms. The van der Waals surface area contributed by atoms with E-state index in [1.165, 1.54) is 0 Å². The van der Waals surface area contributed by atoms with E-state index >= 15 is 0 Å². The molecule has 0 fully saturated rings. The van der Waals surface area contributed by atoms with Crippen molar-refractivity contribution in [1.29, 1.82) is 0 Å². The van der Waals surface area contributed by atoms with Crippen LogP contribution in [-0.4, -0.2) is 18.1 Å². The van der Waals surface area contributed by atoms with Crippen LogP contribution in [0.1, 0.15) is 45.2 Å². The fourth-order valence-electron chi connectivity index (χ4n) is 2.39. The minimum absolute atomic E-state index is 0.0173. The van der Waals surface area contributed by atoms with E-state index in [4.69, 9.17) is 5.73 Å². The molecule has 0 saturated carbocycles. The molecule has 1 unspecified atom stereocenters. The number of fused-ring (bicyclic) bond motifs is 1. The highest BCUT2D eigenvalue weighted by atomic mass is 16.2. The third kappa shape index (κ3) is 3.26. The van der Waals surface area contributed by atoms with Crippen LogP contribution >= 0.6 is 0 Å². The van der Waals surface area contributed by atoms with E-state index in [1.54, 1.807) is 0 Å². The fourth-order valence-corrected chi connectivity index (χ4v) is 2.39. The van der Waals surface area contributed by atoms with Gasteiger partial charge in [0, 0.05) is 18.1 Å². The van der Waals surface area contributed by atoms with Crippen molar-refractivity contribution in [3.8, 4) is 0 Å². The van der Waals surface area contributed by atoms with E-state index in [0.29, 0.717) is 6.54 Å². The number of nitrogens with two attached hydrogens (primary N) is 1. The van der Waals surface area contributed by atoms with Crippen molar-refractivity contribution in [2.75, 3.05) is 11.4 Å². The summed E-state index contributed by atoms with van der Waals surface area (Å²) in [5.74, 6) is 0. The van der Waals surface area contributed by atoms with E-state index in [-0.39, 0.29) is 17.6 Å². The Labute approximate surface area is 115 Å². The van der Waals surface area contributed by atoms with E-state index in [0.717, 1.165) is 24.1 Å². The Bertz CT molecular complexity index is 465. The number of benzene rings is 1. The van der Waals surface area contributed by atoms with Gasteiger partial charge in [0.1, 0.15) is 0 Å². The second-order valence-corrected chi connectivity index (χ2v) is 6.14. The first-order valence-electron chi connectivity index (χ1n) is 6.83. The summed E-state index contributed by atoms with van der Waals surface area (Å²) in [5.41, 5.74) is 7.94. The van der Waals surface area contributed by atoms with Crippen LogP contribution in [0.4, 0.5) is 10.5 Å². The Morgan fingerprint density at radius 1 is 1.37 bits per heavy atom. The third-order valence-electron chi connectivity index (χ3n) is 3.25. The van der Waals surface area contributed by atoms with Crippen LogP contribution in [0.2, 0.25) is 0 Å². The van der Waals surface area contributed by atoms with Crippen molar-refractivity contribution in [1.82, 2.24) is 5.32 Å². The van der Waals surface area contributed by atoms with Gasteiger partial charge in [0.2, 0.25) is 0 Å². The van der Waals surface area contributed by atoms with Gasteiger partial charge in [-0.05, 0) is 45.2 Å². The number of carbonyl (C=O) groups is 1. The van der Waals surface area contributed by atoms with E-state index in [1.807, 2.05) is 49.9 Å². The van der Waals surface area contributed by atoms with E-state index < -0.39 is 0 Å². The average Bonchev–Trinajstić information content (AvgIpc) is 2.47. The van der Waals surface area contributed by atoms with Crippen LogP contribution in [0.15, 0.2) is 24.3 Å². The molecule has 3 N–H and O–H groups in total. The van der Waals surface area contributed by atoms with Crippen LogP contribution in [-0.2, 0) is 0 Å². The van der Waals surface area contributed by atoms with Crippen LogP contribution in [0, 0.1) is 0 Å². The molecular weight excluding hydrogens is 238 g/mol. The van der Waals surface area contributed by atoms with Crippen molar-refractivity contribution >= 4 is 11.7 Å². The fraction of sp³-hybridized carbons (Fsp3) is 0.533. The molecule has 0 bridgehead atoms. The van der Waals surface area contributed by atoms with Gasteiger partial charge in [-0.2, -0.15) is 0 Å². The summed E-state index contributed by atoms with van der Waals surface area (Å²) in [6.45, 7) is 6.67. The Kier molecular flexibility index (Phi) is 3.80. The maximum absolute atomic E-state index is 12.4. The summed E-state index contributed by atoms with van der Waals surface area (Å²) >= 11 is 0. The normalized spacial score (nSPS) is 19.6. The molecule has 1 heterocycles. The van der Waals surface area contributed by atoms with Crippen LogP contribution in [0.3, 0.4) is 0 Å². The first-order valence-corrected chi connectivity index (χ1v) is 6.83. The molecule has 2 rings (SSSR count). The van der Waals surface area contributed by atoms with Crippen molar-refractivity contribution in [3.63, 3.8) is 0 Å². The topological polar surface area (TPSA) is 58.4 Å². The van der Waals surface area contributed by atoms with E-state index in [9.17, 15) is 4.79 Å². The molecule has 2 amide bonds. The second-order valence-electron chi connectivity index (χ2n) is 6.14. The van der Waals surface area contributed by atoms with Gasteiger partial charge in [0.05, 0.1) is 5.69 Å². The largest absolute Gasteiger partial charge is 0.333 e. The number of amides is 2. The quantitative estimate of drug-likeness (QED) is 0.754. The van der Waals surface area contributed by atoms with Gasteiger partial charge < -0.3 is 11.1 Å². The zero-order chi connectivity index (χ0) is 14.0. The Morgan fingerprint density at radius 3 is 2.74 bits per heavy atom. The zero-order valence-corrected chi connectivity index (χ0v) is 11.9. The lowest BCUT2D eigenvalue weighted by Gasteiger charge is -2.28. The number of urea groups is 1. The molecule has 1 aliphatic heterocycles. The highest BCUT2D eigenvalue weighted by molar-refractivity contribution is 5.93. The van der Waals surface area contributed by atoms with Crippen LogP contribution < -0.4 is 16.0 Å². The van der Waals surface area contributed by atoms with Crippen molar-refractivity contribution < 1.29 is 4.79 Å². The van der Waals surface area contributed by atoms with Gasteiger partial charge in [-0.3, -0.25) is 4.90 Å². The third-order valence-corrected chi connectivity index (χ3v) is 3.25. The van der Waals surface area contributed by atoms with Gasteiger partial charge in [0.15, 0.2) is 0 Å². The molecule has 1 aromatic rings. The summed E-state index contributed by atoms with van der Waals surface area (Å²) < 4.78 is 0. The summed E-state index contributed by atoms with van der Waals surface area (Å²) in [7, 11) is 0.